The van der Waals surface area contributed by atoms with E-state index in [4.69, 9.17) is 0 Å². The van der Waals surface area contributed by atoms with Gasteiger partial charge >= 0.3 is 5.51 Å². The molecule has 0 amide bonds. The molecule has 0 aliphatic heterocycles. The number of hydrogen-bond acceptors (Lipinski definition) is 0. The van der Waals surface area contributed by atoms with Crippen LogP contribution in [0.5, 0.6) is 0 Å². The molecule has 55 valence electrons. The van der Waals surface area contributed by atoms with E-state index in [0.717, 1.165) is 0 Å². The van der Waals surface area contributed by atoms with Gasteiger partial charge in [0.15, 0.2) is 0 Å². The summed E-state index contributed by atoms with van der Waals surface area (Å²) in [5.74, 6) is 0. The van der Waals surface area contributed by atoms with E-state index in [1.165, 1.54) is 0 Å². The monoisotopic (exact) mass is 161 g/mol. The summed E-state index contributed by atoms with van der Waals surface area (Å²) in [7, 11) is 0. The second-order valence-electron chi connectivity index (χ2n) is 0.446. The lowest BCUT2D eigenvalue weighted by atomic mass is 11.6. The minimum absolute atomic E-state index is 0. The molecule has 0 atom stereocenters. The highest BCUT2D eigenvalue weighted by Crippen LogP contribution is 2.17. The molecule has 8 heavy (non-hydrogen) atoms. The van der Waals surface area contributed by atoms with Gasteiger partial charge in [-0.25, -0.2) is 0 Å². The largest absolute Gasteiger partial charge is 0.452 e. The molecule has 0 heterocycles. The molecular formula is CH3F6S. The fraction of sp³-hybridized carbons (Fsp3) is 1.00. The van der Waals surface area contributed by atoms with Gasteiger partial charge in [0.05, 0.1) is 0 Å². The Bertz CT molecular complexity index is 24.0. The number of hydrogen-bond donors (Lipinski definition) is 0. The first kappa shape index (κ1) is 24.7. The summed E-state index contributed by atoms with van der Waals surface area (Å²) in [5, 5.41) is 0. The van der Waals surface area contributed by atoms with Crippen molar-refractivity contribution in [2.75, 3.05) is 0 Å². The molecule has 0 saturated carbocycles. The SMILES string of the molecule is F.F.F.FC(F)(F)[S]. The fourth-order valence-electron chi connectivity index (χ4n) is 0. The molecule has 0 spiro atoms. The summed E-state index contributed by atoms with van der Waals surface area (Å²) in [6.45, 7) is 0. The smallest absolute Gasteiger partial charge is 0.269 e. The van der Waals surface area contributed by atoms with E-state index in [-0.39, 0.29) is 14.1 Å². The Hall–Kier alpha value is -0.0700. The van der Waals surface area contributed by atoms with Gasteiger partial charge in [-0.3, -0.25) is 14.1 Å². The first-order valence-electron chi connectivity index (χ1n) is 0.771. The lowest BCUT2D eigenvalue weighted by Crippen LogP contribution is -1.89. The van der Waals surface area contributed by atoms with Crippen LogP contribution in [0.15, 0.2) is 0 Å². The number of rotatable bonds is 0. The Labute approximate surface area is 46.6 Å². The molecule has 0 unspecified atom stereocenters. The Morgan fingerprint density at radius 1 is 0.875 bits per heavy atom. The van der Waals surface area contributed by atoms with E-state index in [1.54, 1.807) is 0 Å². The maximum atomic E-state index is 10.2. The quantitative estimate of drug-likeness (QED) is 0.477. The van der Waals surface area contributed by atoms with Crippen molar-refractivity contribution in [1.29, 1.82) is 0 Å². The van der Waals surface area contributed by atoms with Gasteiger partial charge < -0.3 is 0 Å². The van der Waals surface area contributed by atoms with Crippen LogP contribution >= 0.6 is 12.6 Å². The van der Waals surface area contributed by atoms with Gasteiger partial charge in [-0.15, -0.1) is 0 Å². The molecule has 7 heteroatoms. The summed E-state index contributed by atoms with van der Waals surface area (Å²) < 4.78 is 30.5. The van der Waals surface area contributed by atoms with Gasteiger partial charge in [0.2, 0.25) is 0 Å². The van der Waals surface area contributed by atoms with E-state index in [1.807, 2.05) is 0 Å². The highest BCUT2D eigenvalue weighted by Gasteiger charge is 2.19. The molecular weight excluding hydrogens is 158 g/mol. The van der Waals surface area contributed by atoms with Crippen LogP contribution in [0, 0.1) is 0 Å². The lowest BCUT2D eigenvalue weighted by Gasteiger charge is -1.85. The standard InChI is InChI=1S/CF3S.3FH/c2-1(3,4)5;;;/h;3*1H. The predicted octanol–water partition coefficient (Wildman–Crippen LogP) is 2.16. The summed E-state index contributed by atoms with van der Waals surface area (Å²) >= 11 is 2.83. The Morgan fingerprint density at radius 2 is 0.875 bits per heavy atom. The van der Waals surface area contributed by atoms with Crippen LogP contribution in [0.4, 0.5) is 27.3 Å². The van der Waals surface area contributed by atoms with E-state index in [2.05, 4.69) is 12.6 Å². The van der Waals surface area contributed by atoms with Crippen molar-refractivity contribution < 1.29 is 27.3 Å². The normalized spacial score (nSPS) is 7.50. The average molecular weight is 161 g/mol. The maximum absolute atomic E-state index is 10.2. The van der Waals surface area contributed by atoms with Crippen LogP contribution in [0.25, 0.3) is 0 Å². The summed E-state index contributed by atoms with van der Waals surface area (Å²) in [5.41, 5.74) is -4.42. The third-order valence-electron chi connectivity index (χ3n) is 0. The number of halogens is 6. The summed E-state index contributed by atoms with van der Waals surface area (Å²) in [6.07, 6.45) is 0. The van der Waals surface area contributed by atoms with Crippen molar-refractivity contribution in [3.05, 3.63) is 0 Å². The second kappa shape index (κ2) is 6.93. The fourth-order valence-corrected chi connectivity index (χ4v) is 0. The average Bonchev–Trinajstić information content (AvgIpc) is 0.722. The topological polar surface area (TPSA) is 0 Å². The molecule has 0 fully saturated rings. The Kier molecular flexibility index (Phi) is 21.4. The van der Waals surface area contributed by atoms with Gasteiger partial charge in [0.25, 0.3) is 0 Å². The first-order valence-corrected chi connectivity index (χ1v) is 1.18. The zero-order valence-corrected chi connectivity index (χ0v) is 4.08. The number of alkyl halides is 3. The van der Waals surface area contributed by atoms with Crippen molar-refractivity contribution in [3.63, 3.8) is 0 Å². The van der Waals surface area contributed by atoms with Crippen LogP contribution in [0.2, 0.25) is 0 Å². The van der Waals surface area contributed by atoms with Crippen LogP contribution in [0.1, 0.15) is 0 Å². The van der Waals surface area contributed by atoms with E-state index >= 15 is 0 Å². The van der Waals surface area contributed by atoms with E-state index in [0.29, 0.717) is 0 Å². The minimum Gasteiger partial charge on any atom is -0.269 e. The van der Waals surface area contributed by atoms with Crippen LogP contribution in [0.3, 0.4) is 0 Å². The van der Waals surface area contributed by atoms with Crippen molar-refractivity contribution in [1.82, 2.24) is 0 Å². The Morgan fingerprint density at radius 3 is 0.875 bits per heavy atom. The highest BCUT2D eigenvalue weighted by molar-refractivity contribution is 7.81. The predicted molar refractivity (Wildman–Crippen MR) is 21.2 cm³/mol. The van der Waals surface area contributed by atoms with E-state index < -0.39 is 5.51 Å². The molecule has 0 aliphatic rings. The summed E-state index contributed by atoms with van der Waals surface area (Å²) in [4.78, 5) is 0. The molecule has 0 aliphatic carbocycles. The lowest BCUT2D eigenvalue weighted by molar-refractivity contribution is -0.0303. The van der Waals surface area contributed by atoms with Gasteiger partial charge in [-0.1, -0.05) is 0 Å². The molecule has 0 aromatic carbocycles. The minimum atomic E-state index is -4.42. The molecule has 0 aromatic heterocycles. The summed E-state index contributed by atoms with van der Waals surface area (Å²) in [6, 6.07) is 0. The molecule has 1 radical (unpaired) electrons. The molecule has 0 nitrogen and oxygen atoms in total. The van der Waals surface area contributed by atoms with Gasteiger partial charge in [-0.2, -0.15) is 13.2 Å². The zero-order valence-electron chi connectivity index (χ0n) is 3.27. The Balaban J connectivity index is -0.0000000267. The molecule has 0 N–H and O–H groups in total. The van der Waals surface area contributed by atoms with Crippen molar-refractivity contribution >= 4 is 12.6 Å². The molecule has 0 aromatic rings. The third kappa shape index (κ3) is 29400. The highest BCUT2D eigenvalue weighted by atomic mass is 32.1. The second-order valence-corrected chi connectivity index (χ2v) is 0.909. The van der Waals surface area contributed by atoms with Crippen LogP contribution in [-0.2, 0) is 0 Å². The van der Waals surface area contributed by atoms with Crippen LogP contribution < -0.4 is 0 Å². The van der Waals surface area contributed by atoms with Gasteiger partial charge in [-0.05, 0) is 0 Å². The first-order chi connectivity index (χ1) is 2.00. The maximum Gasteiger partial charge on any atom is 0.452 e. The van der Waals surface area contributed by atoms with E-state index in [9.17, 15) is 13.2 Å². The van der Waals surface area contributed by atoms with Gasteiger partial charge in [0, 0.05) is 12.6 Å². The third-order valence-corrected chi connectivity index (χ3v) is 0. The molecule has 0 rings (SSSR count). The molecule has 0 bridgehead atoms. The van der Waals surface area contributed by atoms with Gasteiger partial charge in [0.1, 0.15) is 0 Å². The van der Waals surface area contributed by atoms with Crippen LogP contribution in [-0.4, -0.2) is 5.51 Å². The van der Waals surface area contributed by atoms with Crippen molar-refractivity contribution in [2.45, 2.75) is 5.51 Å². The van der Waals surface area contributed by atoms with Crippen molar-refractivity contribution in [2.24, 2.45) is 0 Å². The van der Waals surface area contributed by atoms with Crippen molar-refractivity contribution in [3.8, 4) is 0 Å². The zero-order chi connectivity index (χ0) is 4.50. The molecule has 0 saturated heterocycles.